The Morgan fingerprint density at radius 1 is 1.12 bits per heavy atom. The van der Waals surface area contributed by atoms with E-state index in [1.54, 1.807) is 5.57 Å². The third-order valence-electron chi connectivity index (χ3n) is 10.4. The van der Waals surface area contributed by atoms with Gasteiger partial charge in [0.15, 0.2) is 0 Å². The average molecular weight is 441 g/mol. The van der Waals surface area contributed by atoms with Gasteiger partial charge in [-0.15, -0.1) is 0 Å². The Bertz CT molecular complexity index is 815. The second-order valence-corrected chi connectivity index (χ2v) is 13.2. The molecule has 0 aliphatic heterocycles. The summed E-state index contributed by atoms with van der Waals surface area (Å²) < 4.78 is 0. The number of aliphatic hydroxyl groups is 2. The summed E-state index contributed by atoms with van der Waals surface area (Å²) in [4.78, 5) is 0. The van der Waals surface area contributed by atoms with Crippen LogP contribution in [-0.4, -0.2) is 22.4 Å². The summed E-state index contributed by atoms with van der Waals surface area (Å²) in [6.07, 6.45) is 13.0. The second-order valence-electron chi connectivity index (χ2n) is 13.2. The van der Waals surface area contributed by atoms with Crippen molar-refractivity contribution in [3.05, 3.63) is 34.9 Å². The van der Waals surface area contributed by atoms with Crippen LogP contribution in [0.5, 0.6) is 0 Å². The zero-order valence-electron chi connectivity index (χ0n) is 21.6. The van der Waals surface area contributed by atoms with Crippen molar-refractivity contribution >= 4 is 0 Å². The standard InChI is InChI=1S/C30H48O2/c1-19(2)20(3)9-8-10-21-11-13-23-22-12-14-25-28(4,5)26(32)15-16-30(25,7)27(22)24(31)18-29(23,6)17-21/h13,19,21,24-26,31-32H,3,8-12,14-18H2,1-2,4-7H3/t21-,24-,25?,26?,29?,30?/m0/s1. The number of fused-ring (bicyclic) bond motifs is 4. The van der Waals surface area contributed by atoms with Crippen LogP contribution >= 0.6 is 0 Å². The number of hydrogen-bond donors (Lipinski definition) is 2. The molecule has 0 aromatic heterocycles. The summed E-state index contributed by atoms with van der Waals surface area (Å²) in [7, 11) is 0. The Morgan fingerprint density at radius 2 is 1.84 bits per heavy atom. The zero-order valence-corrected chi connectivity index (χ0v) is 21.6. The predicted molar refractivity (Wildman–Crippen MR) is 134 cm³/mol. The third kappa shape index (κ3) is 3.88. The molecule has 0 aromatic rings. The Balaban J connectivity index is 1.58. The van der Waals surface area contributed by atoms with E-state index in [1.165, 1.54) is 42.4 Å². The summed E-state index contributed by atoms with van der Waals surface area (Å²) in [5.41, 5.74) is 5.86. The summed E-state index contributed by atoms with van der Waals surface area (Å²) in [6.45, 7) is 18.1. The molecule has 4 unspecified atom stereocenters. The summed E-state index contributed by atoms with van der Waals surface area (Å²) in [5.74, 6) is 1.77. The highest BCUT2D eigenvalue weighted by Crippen LogP contribution is 2.65. The first-order valence-corrected chi connectivity index (χ1v) is 13.4. The molecule has 2 heteroatoms. The van der Waals surface area contributed by atoms with E-state index < -0.39 is 0 Å². The molecule has 0 heterocycles. The first kappa shape index (κ1) is 24.3. The maximum atomic E-state index is 11.6. The lowest BCUT2D eigenvalue weighted by molar-refractivity contribution is -0.0970. The molecule has 32 heavy (non-hydrogen) atoms. The van der Waals surface area contributed by atoms with Crippen LogP contribution in [-0.2, 0) is 0 Å². The summed E-state index contributed by atoms with van der Waals surface area (Å²) in [6, 6.07) is 0. The Morgan fingerprint density at radius 3 is 2.53 bits per heavy atom. The molecule has 0 radical (unpaired) electrons. The van der Waals surface area contributed by atoms with Crippen molar-refractivity contribution in [3.63, 3.8) is 0 Å². The van der Waals surface area contributed by atoms with E-state index in [9.17, 15) is 10.2 Å². The van der Waals surface area contributed by atoms with Crippen molar-refractivity contribution in [2.24, 2.45) is 34.0 Å². The number of aliphatic hydroxyl groups excluding tert-OH is 2. The monoisotopic (exact) mass is 440 g/mol. The van der Waals surface area contributed by atoms with Gasteiger partial charge in [-0.05, 0) is 115 Å². The van der Waals surface area contributed by atoms with Gasteiger partial charge in [0, 0.05) is 0 Å². The number of hydrogen-bond acceptors (Lipinski definition) is 2. The van der Waals surface area contributed by atoms with Crippen molar-refractivity contribution in [2.45, 2.75) is 118 Å². The van der Waals surface area contributed by atoms with Crippen LogP contribution in [0, 0.1) is 34.0 Å². The minimum atomic E-state index is -0.328. The molecule has 0 aromatic carbocycles. The Hall–Kier alpha value is -0.860. The molecule has 2 N–H and O–H groups in total. The maximum absolute atomic E-state index is 11.6. The highest BCUT2D eigenvalue weighted by molar-refractivity contribution is 5.50. The lowest BCUT2D eigenvalue weighted by atomic mass is 9.45. The molecule has 2 nitrogen and oxygen atoms in total. The topological polar surface area (TPSA) is 40.5 Å². The zero-order chi connectivity index (χ0) is 23.5. The molecule has 6 atom stereocenters. The fourth-order valence-electron chi connectivity index (χ4n) is 8.38. The molecule has 0 saturated heterocycles. The lowest BCUT2D eigenvalue weighted by Gasteiger charge is -2.60. The van der Waals surface area contributed by atoms with Crippen molar-refractivity contribution < 1.29 is 10.2 Å². The second kappa shape index (κ2) is 8.42. The molecule has 1 fully saturated rings. The van der Waals surface area contributed by atoms with E-state index in [4.69, 9.17) is 0 Å². The lowest BCUT2D eigenvalue weighted by Crippen LogP contribution is -2.55. The van der Waals surface area contributed by atoms with Crippen molar-refractivity contribution in [1.29, 1.82) is 0 Å². The molecule has 0 bridgehead atoms. The van der Waals surface area contributed by atoms with Gasteiger partial charge in [0.05, 0.1) is 12.2 Å². The highest BCUT2D eigenvalue weighted by Gasteiger charge is 2.58. The minimum Gasteiger partial charge on any atom is -0.393 e. The highest BCUT2D eigenvalue weighted by atomic mass is 16.3. The van der Waals surface area contributed by atoms with Crippen LogP contribution in [0.4, 0.5) is 0 Å². The maximum Gasteiger partial charge on any atom is 0.0769 e. The van der Waals surface area contributed by atoms with Gasteiger partial charge in [-0.25, -0.2) is 0 Å². The van der Waals surface area contributed by atoms with E-state index >= 15 is 0 Å². The van der Waals surface area contributed by atoms with Crippen LogP contribution in [0.2, 0.25) is 0 Å². The van der Waals surface area contributed by atoms with Crippen LogP contribution in [0.15, 0.2) is 34.9 Å². The van der Waals surface area contributed by atoms with Crippen molar-refractivity contribution in [2.75, 3.05) is 0 Å². The van der Waals surface area contributed by atoms with E-state index in [0.29, 0.717) is 11.8 Å². The van der Waals surface area contributed by atoms with Gasteiger partial charge in [-0.1, -0.05) is 59.8 Å². The Kier molecular flexibility index (Phi) is 6.38. The minimum absolute atomic E-state index is 0.0198. The van der Waals surface area contributed by atoms with E-state index in [1.807, 2.05) is 0 Å². The predicted octanol–water partition coefficient (Wildman–Crippen LogP) is 7.37. The van der Waals surface area contributed by atoms with Gasteiger partial charge in [-0.2, -0.15) is 0 Å². The van der Waals surface area contributed by atoms with E-state index in [0.717, 1.165) is 44.4 Å². The third-order valence-corrected chi connectivity index (χ3v) is 10.4. The molecule has 180 valence electrons. The quantitative estimate of drug-likeness (QED) is 0.438. The van der Waals surface area contributed by atoms with Gasteiger partial charge >= 0.3 is 0 Å². The molecule has 0 spiro atoms. The largest absolute Gasteiger partial charge is 0.393 e. The molecule has 4 aliphatic carbocycles. The molecular weight excluding hydrogens is 392 g/mol. The van der Waals surface area contributed by atoms with Gasteiger partial charge in [0.25, 0.3) is 0 Å². The van der Waals surface area contributed by atoms with Crippen LogP contribution in [0.1, 0.15) is 106 Å². The number of rotatable bonds is 5. The fourth-order valence-corrected chi connectivity index (χ4v) is 8.38. The van der Waals surface area contributed by atoms with Gasteiger partial charge in [-0.3, -0.25) is 0 Å². The van der Waals surface area contributed by atoms with Gasteiger partial charge in [0.1, 0.15) is 0 Å². The molecular formula is C30H48O2. The number of allylic oxidation sites excluding steroid dienone is 4. The van der Waals surface area contributed by atoms with E-state index in [-0.39, 0.29) is 28.5 Å². The van der Waals surface area contributed by atoms with Crippen LogP contribution < -0.4 is 0 Å². The summed E-state index contributed by atoms with van der Waals surface area (Å²) in [5, 5.41) is 22.3. The van der Waals surface area contributed by atoms with Crippen molar-refractivity contribution in [3.8, 4) is 0 Å². The molecule has 0 amide bonds. The smallest absolute Gasteiger partial charge is 0.0769 e. The molecule has 4 rings (SSSR count). The van der Waals surface area contributed by atoms with Gasteiger partial charge in [0.2, 0.25) is 0 Å². The molecule has 4 aliphatic rings. The van der Waals surface area contributed by atoms with Crippen LogP contribution in [0.3, 0.4) is 0 Å². The average Bonchev–Trinajstić information content (AvgIpc) is 2.69. The first-order chi connectivity index (χ1) is 14.9. The Labute approximate surface area is 197 Å². The molecule has 1 saturated carbocycles. The summed E-state index contributed by atoms with van der Waals surface area (Å²) >= 11 is 0. The van der Waals surface area contributed by atoms with Gasteiger partial charge < -0.3 is 10.2 Å². The van der Waals surface area contributed by atoms with E-state index in [2.05, 4.69) is 54.2 Å². The normalized spacial score (nSPS) is 41.0. The first-order valence-electron chi connectivity index (χ1n) is 13.4. The van der Waals surface area contributed by atoms with Crippen LogP contribution in [0.25, 0.3) is 0 Å². The van der Waals surface area contributed by atoms with Crippen molar-refractivity contribution in [1.82, 2.24) is 0 Å². The SMILES string of the molecule is C=C(CCC[C@H]1CC=C2C3=C([C@@H](O)CC2(C)C1)C1(C)CCC(O)C(C)(C)C1CC3)C(C)C. The fraction of sp³-hybridized carbons (Fsp3) is 0.800.